The van der Waals surface area contributed by atoms with Crippen LogP contribution < -0.4 is 0 Å². The number of carbonyl (C=O) groups is 2. The number of carbonyl (C=O) groups excluding carboxylic acids is 2. The van der Waals surface area contributed by atoms with Crippen molar-refractivity contribution in [3.63, 3.8) is 0 Å². The van der Waals surface area contributed by atoms with Crippen LogP contribution in [0.25, 0.3) is 0 Å². The molecule has 0 saturated carbocycles. The van der Waals surface area contributed by atoms with E-state index in [1.54, 1.807) is 0 Å². The van der Waals surface area contributed by atoms with Gasteiger partial charge in [-0.15, -0.1) is 0 Å². The second-order valence-corrected chi connectivity index (χ2v) is 21.8. The predicted octanol–water partition coefficient (Wildman–Crippen LogP) is 22.3. The number of hydrogen-bond donors (Lipinski definition) is 1. The Morgan fingerprint density at radius 2 is 0.581 bits per heavy atom. The fraction of sp³-hybridized carbons (Fsp3) is 0.797. The summed E-state index contributed by atoms with van der Waals surface area (Å²) in [5.74, 6) is -0.571. The molecule has 0 bridgehead atoms. The van der Waals surface area contributed by atoms with Crippen LogP contribution in [0.1, 0.15) is 335 Å². The fourth-order valence-corrected chi connectivity index (χ4v) is 9.68. The van der Waals surface area contributed by atoms with Crippen molar-refractivity contribution in [1.82, 2.24) is 0 Å². The van der Waals surface area contributed by atoms with Gasteiger partial charge < -0.3 is 14.6 Å². The topological polar surface area (TPSA) is 72.8 Å². The minimum Gasteiger partial charge on any atom is -0.462 e. The Hall–Kier alpha value is -2.66. The van der Waals surface area contributed by atoms with Crippen molar-refractivity contribution in [3.8, 4) is 0 Å². The molecule has 0 heterocycles. The molecule has 0 aliphatic rings. The molecule has 1 unspecified atom stereocenters. The highest BCUT2D eigenvalue weighted by Gasteiger charge is 2.16. The monoisotopic (exact) mass is 1030 g/mol. The van der Waals surface area contributed by atoms with Crippen LogP contribution in [0.4, 0.5) is 0 Å². The average molecular weight is 1030 g/mol. The second-order valence-electron chi connectivity index (χ2n) is 21.8. The third kappa shape index (κ3) is 61.9. The van der Waals surface area contributed by atoms with Gasteiger partial charge in [-0.25, -0.2) is 0 Å². The first-order valence-electron chi connectivity index (χ1n) is 32.5. The number of aliphatic hydroxyl groups is 1. The van der Waals surface area contributed by atoms with Crippen molar-refractivity contribution in [3.05, 3.63) is 72.9 Å². The number of ether oxygens (including phenoxy) is 2. The van der Waals surface area contributed by atoms with Gasteiger partial charge in [-0.2, -0.15) is 0 Å². The predicted molar refractivity (Wildman–Crippen MR) is 325 cm³/mol. The van der Waals surface area contributed by atoms with Gasteiger partial charge in [-0.1, -0.05) is 331 Å². The zero-order valence-corrected chi connectivity index (χ0v) is 49.4. The van der Waals surface area contributed by atoms with Crippen molar-refractivity contribution in [2.24, 2.45) is 0 Å². The first kappa shape index (κ1) is 71.3. The molecule has 0 saturated heterocycles. The molecule has 0 fully saturated rings. The van der Waals surface area contributed by atoms with E-state index in [-0.39, 0.29) is 25.2 Å². The molecule has 0 aliphatic carbocycles. The van der Waals surface area contributed by atoms with Gasteiger partial charge in [0, 0.05) is 12.8 Å². The van der Waals surface area contributed by atoms with E-state index < -0.39 is 6.10 Å². The zero-order chi connectivity index (χ0) is 53.4. The summed E-state index contributed by atoms with van der Waals surface area (Å²) in [5.41, 5.74) is 0. The van der Waals surface area contributed by atoms with E-state index in [0.29, 0.717) is 12.8 Å². The second kappa shape index (κ2) is 64.6. The minimum atomic E-state index is -0.771. The van der Waals surface area contributed by atoms with E-state index in [9.17, 15) is 14.7 Å². The van der Waals surface area contributed by atoms with Crippen LogP contribution in [0.2, 0.25) is 0 Å². The van der Waals surface area contributed by atoms with E-state index in [1.165, 1.54) is 238 Å². The Bertz CT molecular complexity index is 1310. The van der Waals surface area contributed by atoms with E-state index in [4.69, 9.17) is 9.47 Å². The molecule has 5 nitrogen and oxygen atoms in total. The van der Waals surface area contributed by atoms with Crippen LogP contribution in [0.15, 0.2) is 72.9 Å². The molecule has 0 aromatic rings. The standard InChI is InChI=1S/C69H124O5/c1-3-5-7-9-11-13-15-17-19-21-23-25-26-27-28-29-30-31-32-33-34-35-36-37-38-39-40-41-42-44-46-48-50-52-54-56-58-60-62-64-69(72)74-67(65-70)66-73-68(71)63-61-59-57-55-53-51-49-47-45-43-24-22-20-18-16-14-12-10-8-6-4-2/h5,7,11,13,17,19,23,25,27-28,30-31,67,70H,3-4,6,8-10,12,14-16,18,20-22,24,26,29,32-66H2,1-2H3/b7-5-,13-11-,19-17-,25-23-,28-27-,31-30-. The molecule has 0 rings (SSSR count). The van der Waals surface area contributed by atoms with E-state index in [0.717, 1.165) is 70.6 Å². The SMILES string of the molecule is CC/C=C\C/C=C\C/C=C\C/C=C\C/C=C\C/C=C\CCCCCCCCCCCCCCCCCCCCCCC(=O)OC(CO)COC(=O)CCCCCCCCCCCCCCCCCCCCCCC. The highest BCUT2D eigenvalue weighted by Crippen LogP contribution is 2.18. The van der Waals surface area contributed by atoms with Gasteiger partial charge in [0.2, 0.25) is 0 Å². The number of aliphatic hydroxyl groups excluding tert-OH is 1. The van der Waals surface area contributed by atoms with E-state index in [2.05, 4.69) is 86.8 Å². The summed E-state index contributed by atoms with van der Waals surface area (Å²) in [6.45, 7) is 4.07. The highest BCUT2D eigenvalue weighted by molar-refractivity contribution is 5.70. The summed E-state index contributed by atoms with van der Waals surface area (Å²) in [7, 11) is 0. The first-order valence-corrected chi connectivity index (χ1v) is 32.5. The summed E-state index contributed by atoms with van der Waals surface area (Å²) >= 11 is 0. The average Bonchev–Trinajstić information content (AvgIpc) is 3.40. The Morgan fingerprint density at radius 1 is 0.324 bits per heavy atom. The molecular formula is C69H124O5. The molecule has 0 aliphatic heterocycles. The molecule has 430 valence electrons. The smallest absolute Gasteiger partial charge is 0.306 e. The van der Waals surface area contributed by atoms with Crippen molar-refractivity contribution in [2.75, 3.05) is 13.2 Å². The van der Waals surface area contributed by atoms with Crippen LogP contribution in [0.3, 0.4) is 0 Å². The highest BCUT2D eigenvalue weighted by atomic mass is 16.6. The largest absolute Gasteiger partial charge is 0.462 e. The fourth-order valence-electron chi connectivity index (χ4n) is 9.68. The molecule has 0 amide bonds. The van der Waals surface area contributed by atoms with E-state index >= 15 is 0 Å². The van der Waals surface area contributed by atoms with Crippen molar-refractivity contribution >= 4 is 11.9 Å². The lowest BCUT2D eigenvalue weighted by Gasteiger charge is -2.15. The van der Waals surface area contributed by atoms with Crippen LogP contribution in [0.5, 0.6) is 0 Å². The van der Waals surface area contributed by atoms with Crippen LogP contribution in [0, 0.1) is 0 Å². The zero-order valence-electron chi connectivity index (χ0n) is 49.4. The van der Waals surface area contributed by atoms with Gasteiger partial charge in [-0.05, 0) is 64.2 Å². The normalized spacial score (nSPS) is 12.6. The Balaban J connectivity index is 3.42. The summed E-state index contributed by atoms with van der Waals surface area (Å²) in [6.07, 6.45) is 89.2. The van der Waals surface area contributed by atoms with Crippen molar-refractivity contribution < 1.29 is 24.2 Å². The summed E-state index contributed by atoms with van der Waals surface area (Å²) in [4.78, 5) is 24.6. The van der Waals surface area contributed by atoms with Gasteiger partial charge in [0.25, 0.3) is 0 Å². The Morgan fingerprint density at radius 3 is 0.878 bits per heavy atom. The Labute approximate surface area is 461 Å². The van der Waals surface area contributed by atoms with Gasteiger partial charge in [0.15, 0.2) is 6.10 Å². The summed E-state index contributed by atoms with van der Waals surface area (Å²) in [6, 6.07) is 0. The molecule has 0 radical (unpaired) electrons. The molecule has 1 atom stereocenters. The lowest BCUT2D eigenvalue weighted by atomic mass is 10.0. The lowest BCUT2D eigenvalue weighted by Crippen LogP contribution is -2.28. The number of rotatable bonds is 60. The number of unbranched alkanes of at least 4 members (excludes halogenated alkanes) is 40. The first-order chi connectivity index (χ1) is 36.6. The lowest BCUT2D eigenvalue weighted by molar-refractivity contribution is -0.161. The maximum Gasteiger partial charge on any atom is 0.306 e. The van der Waals surface area contributed by atoms with Crippen LogP contribution in [-0.2, 0) is 19.1 Å². The van der Waals surface area contributed by atoms with Crippen LogP contribution >= 0.6 is 0 Å². The van der Waals surface area contributed by atoms with Crippen molar-refractivity contribution in [2.45, 2.75) is 341 Å². The van der Waals surface area contributed by atoms with Gasteiger partial charge in [-0.3, -0.25) is 9.59 Å². The maximum absolute atomic E-state index is 12.3. The minimum absolute atomic E-state index is 0.0607. The van der Waals surface area contributed by atoms with Gasteiger partial charge in [0.1, 0.15) is 6.61 Å². The molecule has 0 aromatic carbocycles. The van der Waals surface area contributed by atoms with Gasteiger partial charge in [0.05, 0.1) is 6.61 Å². The van der Waals surface area contributed by atoms with E-state index in [1.807, 2.05) is 0 Å². The molecular weight excluding hydrogens is 909 g/mol. The maximum atomic E-state index is 12.3. The summed E-state index contributed by atoms with van der Waals surface area (Å²) in [5, 5.41) is 9.68. The van der Waals surface area contributed by atoms with Gasteiger partial charge >= 0.3 is 11.9 Å². The molecule has 0 aromatic heterocycles. The van der Waals surface area contributed by atoms with Crippen LogP contribution in [-0.4, -0.2) is 36.4 Å². The quantitative estimate of drug-likeness (QED) is 0.0373. The molecule has 1 N–H and O–H groups in total. The molecule has 5 heteroatoms. The number of allylic oxidation sites excluding steroid dienone is 12. The third-order valence-electron chi connectivity index (χ3n) is 14.5. The summed E-state index contributed by atoms with van der Waals surface area (Å²) < 4.78 is 10.7. The number of hydrogen-bond acceptors (Lipinski definition) is 5. The Kier molecular flexibility index (Phi) is 62.3. The van der Waals surface area contributed by atoms with Crippen molar-refractivity contribution in [1.29, 1.82) is 0 Å². The molecule has 0 spiro atoms. The molecule has 74 heavy (non-hydrogen) atoms. The third-order valence-corrected chi connectivity index (χ3v) is 14.5. The number of esters is 2.